The number of benzene rings is 1. The monoisotopic (exact) mass is 321 g/mol. The number of aliphatic hydroxyl groups is 1. The van der Waals surface area contributed by atoms with Gasteiger partial charge in [0.2, 0.25) is 11.8 Å². The number of rotatable bonds is 4. The number of aliphatic hydroxyl groups excluding tert-OH is 1. The molecule has 1 saturated heterocycles. The third kappa shape index (κ3) is 3.32. The van der Waals surface area contributed by atoms with E-state index in [1.807, 2.05) is 18.2 Å². The van der Waals surface area contributed by atoms with Crippen LogP contribution in [0.2, 0.25) is 5.02 Å². The van der Waals surface area contributed by atoms with E-state index in [4.69, 9.17) is 16.0 Å². The fourth-order valence-electron chi connectivity index (χ4n) is 3.03. The smallest absolute Gasteiger partial charge is 0.247 e. The van der Waals surface area contributed by atoms with Crippen LogP contribution in [0.4, 0.5) is 0 Å². The molecule has 3 rings (SSSR count). The van der Waals surface area contributed by atoms with Gasteiger partial charge in [-0.15, -0.1) is 10.2 Å². The van der Waals surface area contributed by atoms with Crippen LogP contribution in [0.1, 0.15) is 32.1 Å². The van der Waals surface area contributed by atoms with E-state index in [2.05, 4.69) is 22.0 Å². The highest BCUT2D eigenvalue weighted by molar-refractivity contribution is 6.30. The average molecular weight is 322 g/mol. The van der Waals surface area contributed by atoms with Crippen molar-refractivity contribution in [1.29, 1.82) is 0 Å². The lowest BCUT2D eigenvalue weighted by molar-refractivity contribution is 0.0386. The minimum Gasteiger partial charge on any atom is -0.419 e. The molecular formula is C16H20ClN3O2. The second-order valence-electron chi connectivity index (χ2n) is 5.80. The number of hydrogen-bond donors (Lipinski definition) is 1. The number of halogens is 1. The second kappa shape index (κ2) is 6.77. The van der Waals surface area contributed by atoms with E-state index in [9.17, 15) is 5.11 Å². The number of nitrogens with zero attached hydrogens (tertiary/aromatic N) is 3. The topological polar surface area (TPSA) is 62.4 Å². The molecular weight excluding hydrogens is 302 g/mol. The van der Waals surface area contributed by atoms with Gasteiger partial charge in [0.05, 0.1) is 13.2 Å². The van der Waals surface area contributed by atoms with Crippen LogP contribution in [0.25, 0.3) is 11.5 Å². The Bertz CT molecular complexity index is 631. The molecule has 0 radical (unpaired) electrons. The van der Waals surface area contributed by atoms with Gasteiger partial charge in [-0.25, -0.2) is 0 Å². The first-order valence-electron chi connectivity index (χ1n) is 7.62. The molecule has 22 heavy (non-hydrogen) atoms. The van der Waals surface area contributed by atoms with Gasteiger partial charge in [0.15, 0.2) is 0 Å². The molecule has 1 aliphatic heterocycles. The van der Waals surface area contributed by atoms with Gasteiger partial charge in [-0.1, -0.05) is 24.1 Å². The zero-order chi connectivity index (χ0) is 15.5. The third-order valence-electron chi connectivity index (χ3n) is 4.26. The van der Waals surface area contributed by atoms with Gasteiger partial charge in [-0.3, -0.25) is 4.90 Å². The highest BCUT2D eigenvalue weighted by Crippen LogP contribution is 2.26. The van der Waals surface area contributed by atoms with Crippen molar-refractivity contribution in [2.24, 2.45) is 0 Å². The molecule has 2 atom stereocenters. The number of hydrogen-bond acceptors (Lipinski definition) is 5. The molecule has 1 aromatic carbocycles. The molecule has 1 aromatic heterocycles. The minimum atomic E-state index is 0.166. The summed E-state index contributed by atoms with van der Waals surface area (Å²) in [5.41, 5.74) is 0.816. The Balaban J connectivity index is 1.76. The van der Waals surface area contributed by atoms with E-state index in [0.29, 0.717) is 29.4 Å². The molecule has 1 aliphatic rings. The number of piperidine rings is 1. The van der Waals surface area contributed by atoms with Crippen molar-refractivity contribution in [1.82, 2.24) is 15.1 Å². The van der Waals surface area contributed by atoms with Crippen LogP contribution in [0.3, 0.4) is 0 Å². The summed E-state index contributed by atoms with van der Waals surface area (Å²) in [6, 6.07) is 7.94. The largest absolute Gasteiger partial charge is 0.419 e. The van der Waals surface area contributed by atoms with E-state index in [1.54, 1.807) is 6.07 Å². The Kier molecular flexibility index (Phi) is 4.76. The summed E-state index contributed by atoms with van der Waals surface area (Å²) in [5, 5.41) is 18.4. The molecule has 1 N–H and O–H groups in total. The van der Waals surface area contributed by atoms with Crippen molar-refractivity contribution >= 4 is 11.6 Å². The highest BCUT2D eigenvalue weighted by atomic mass is 35.5. The summed E-state index contributed by atoms with van der Waals surface area (Å²) in [4.78, 5) is 2.25. The molecule has 0 saturated carbocycles. The van der Waals surface area contributed by atoms with Crippen molar-refractivity contribution in [2.45, 2.75) is 44.8 Å². The van der Waals surface area contributed by atoms with Gasteiger partial charge >= 0.3 is 0 Å². The van der Waals surface area contributed by atoms with Crippen LogP contribution >= 0.6 is 11.6 Å². The maximum absolute atomic E-state index is 9.55. The molecule has 0 bridgehead atoms. The Morgan fingerprint density at radius 3 is 3.00 bits per heavy atom. The predicted octanol–water partition coefficient (Wildman–Crippen LogP) is 3.13. The Hall–Kier alpha value is -1.43. The predicted molar refractivity (Wildman–Crippen MR) is 84.5 cm³/mol. The van der Waals surface area contributed by atoms with Gasteiger partial charge in [0.25, 0.3) is 0 Å². The molecule has 5 nitrogen and oxygen atoms in total. The summed E-state index contributed by atoms with van der Waals surface area (Å²) >= 11 is 5.99. The molecule has 0 aliphatic carbocycles. The quantitative estimate of drug-likeness (QED) is 0.937. The highest BCUT2D eigenvalue weighted by Gasteiger charge is 2.28. The van der Waals surface area contributed by atoms with Crippen LogP contribution < -0.4 is 0 Å². The van der Waals surface area contributed by atoms with E-state index in [-0.39, 0.29) is 12.6 Å². The van der Waals surface area contributed by atoms with Crippen molar-refractivity contribution in [3.05, 3.63) is 35.2 Å². The van der Waals surface area contributed by atoms with Gasteiger partial charge in [-0.2, -0.15) is 0 Å². The number of likely N-dealkylation sites (tertiary alicyclic amines) is 1. The normalized spacial score (nSPS) is 22.9. The van der Waals surface area contributed by atoms with Crippen molar-refractivity contribution in [2.75, 3.05) is 6.61 Å². The summed E-state index contributed by atoms with van der Waals surface area (Å²) in [5.74, 6) is 1.05. The zero-order valence-electron chi connectivity index (χ0n) is 12.6. The first-order chi connectivity index (χ1) is 10.7. The van der Waals surface area contributed by atoms with E-state index in [0.717, 1.165) is 24.8 Å². The fraction of sp³-hybridized carbons (Fsp3) is 0.500. The van der Waals surface area contributed by atoms with E-state index in [1.165, 1.54) is 0 Å². The summed E-state index contributed by atoms with van der Waals surface area (Å²) in [6.45, 7) is 2.91. The van der Waals surface area contributed by atoms with Gasteiger partial charge in [-0.05, 0) is 38.0 Å². The van der Waals surface area contributed by atoms with E-state index >= 15 is 0 Å². The molecule has 118 valence electrons. The molecule has 1 fully saturated rings. The maximum atomic E-state index is 9.55. The zero-order valence-corrected chi connectivity index (χ0v) is 13.3. The molecule has 0 amide bonds. The van der Waals surface area contributed by atoms with Crippen LogP contribution in [0.5, 0.6) is 0 Å². The first kappa shape index (κ1) is 15.5. The third-order valence-corrected chi connectivity index (χ3v) is 4.50. The van der Waals surface area contributed by atoms with Crippen molar-refractivity contribution < 1.29 is 9.52 Å². The first-order valence-corrected chi connectivity index (χ1v) is 8.00. The van der Waals surface area contributed by atoms with Crippen LogP contribution in [-0.2, 0) is 6.54 Å². The minimum absolute atomic E-state index is 0.166. The van der Waals surface area contributed by atoms with Gasteiger partial charge < -0.3 is 9.52 Å². The lowest BCUT2D eigenvalue weighted by Crippen LogP contribution is -2.46. The van der Waals surface area contributed by atoms with Crippen molar-refractivity contribution in [3.8, 4) is 11.5 Å². The summed E-state index contributed by atoms with van der Waals surface area (Å²) in [6.07, 6.45) is 3.29. The van der Waals surface area contributed by atoms with Crippen LogP contribution in [0, 0.1) is 0 Å². The summed E-state index contributed by atoms with van der Waals surface area (Å²) < 4.78 is 5.76. The Morgan fingerprint density at radius 1 is 1.36 bits per heavy atom. The SMILES string of the molecule is CC1CCCC(CO)N1Cc1nnc(-c2cccc(Cl)c2)o1. The van der Waals surface area contributed by atoms with Gasteiger partial charge in [0.1, 0.15) is 0 Å². The molecule has 2 heterocycles. The molecule has 6 heteroatoms. The van der Waals surface area contributed by atoms with Crippen LogP contribution in [-0.4, -0.2) is 38.9 Å². The van der Waals surface area contributed by atoms with Crippen molar-refractivity contribution in [3.63, 3.8) is 0 Å². The average Bonchev–Trinajstić information content (AvgIpc) is 2.98. The Labute approximate surface area is 134 Å². The molecule has 0 spiro atoms. The lowest BCUT2D eigenvalue weighted by Gasteiger charge is -2.38. The fourth-order valence-corrected chi connectivity index (χ4v) is 3.22. The summed E-state index contributed by atoms with van der Waals surface area (Å²) in [7, 11) is 0. The number of aromatic nitrogens is 2. The van der Waals surface area contributed by atoms with Gasteiger partial charge in [0, 0.05) is 22.7 Å². The van der Waals surface area contributed by atoms with Crippen LogP contribution in [0.15, 0.2) is 28.7 Å². The second-order valence-corrected chi connectivity index (χ2v) is 6.24. The lowest BCUT2D eigenvalue weighted by atomic mass is 9.97. The Morgan fingerprint density at radius 2 is 2.23 bits per heavy atom. The molecule has 2 aromatic rings. The molecule has 2 unspecified atom stereocenters. The van der Waals surface area contributed by atoms with E-state index < -0.39 is 0 Å². The standard InChI is InChI=1S/C16H20ClN3O2/c1-11-4-2-7-14(10-21)20(11)9-15-18-19-16(22-15)12-5-3-6-13(17)8-12/h3,5-6,8,11,14,21H,2,4,7,9-10H2,1H3. The maximum Gasteiger partial charge on any atom is 0.247 e.